The number of hydrogen-bond donors (Lipinski definition) is 2. The molecule has 0 heterocycles. The number of hydrogen-bond acceptors (Lipinski definition) is 2. The molecule has 0 saturated carbocycles. The molecule has 3 N–H and O–H groups in total. The van der Waals surface area contributed by atoms with E-state index in [0.717, 1.165) is 12.1 Å². The molecule has 108 valence electrons. The van der Waals surface area contributed by atoms with Crippen molar-refractivity contribution in [1.82, 2.24) is 5.32 Å². The zero-order valence-corrected chi connectivity index (χ0v) is 10.9. The Morgan fingerprint density at radius 1 is 1.35 bits per heavy atom. The van der Waals surface area contributed by atoms with E-state index in [1.807, 2.05) is 0 Å². The number of nitrogens with one attached hydrogen (secondary N) is 1. The molecule has 2 amide bonds. The number of amides is 2. The van der Waals surface area contributed by atoms with Gasteiger partial charge in [-0.3, -0.25) is 9.59 Å². The molecule has 1 atom stereocenters. The number of rotatable bonds is 7. The largest absolute Gasteiger partial charge is 0.368 e. The van der Waals surface area contributed by atoms with Gasteiger partial charge in [0, 0.05) is 0 Å². The highest BCUT2D eigenvalue weighted by Crippen LogP contribution is 2.09. The lowest BCUT2D eigenvalue weighted by Gasteiger charge is -2.14. The van der Waals surface area contributed by atoms with Crippen LogP contribution in [0.3, 0.4) is 0 Å². The number of benzene rings is 1. The predicted octanol–water partition coefficient (Wildman–Crippen LogP) is 1.44. The maximum Gasteiger partial charge on any atom is 0.240 e. The van der Waals surface area contributed by atoms with Gasteiger partial charge >= 0.3 is 0 Å². The Bertz CT molecular complexity index is 518. The second kappa shape index (κ2) is 7.37. The Kier molecular flexibility index (Phi) is 5.83. The molecule has 1 rings (SSSR count). The standard InChI is InChI=1S/C14H16F2N2O2/c1-2-3-4-12(14(17)20)18-13(19)8-9-5-6-10(15)11(16)7-9/h2,5-7,12H,1,3-4,8H2,(H2,17,20)(H,18,19)/t12-/m1/s1. The average Bonchev–Trinajstić information content (AvgIpc) is 2.38. The van der Waals surface area contributed by atoms with Crippen molar-refractivity contribution in [2.24, 2.45) is 5.73 Å². The third kappa shape index (κ3) is 4.79. The summed E-state index contributed by atoms with van der Waals surface area (Å²) in [4.78, 5) is 22.9. The third-order valence-corrected chi connectivity index (χ3v) is 2.69. The topological polar surface area (TPSA) is 72.2 Å². The van der Waals surface area contributed by atoms with Crippen LogP contribution in [0.5, 0.6) is 0 Å². The molecule has 0 bridgehead atoms. The SMILES string of the molecule is C=CCC[C@@H](NC(=O)Cc1ccc(F)c(F)c1)C(N)=O. The van der Waals surface area contributed by atoms with Crippen molar-refractivity contribution in [3.05, 3.63) is 48.1 Å². The summed E-state index contributed by atoms with van der Waals surface area (Å²) in [5.41, 5.74) is 5.48. The number of carbonyl (C=O) groups is 2. The van der Waals surface area contributed by atoms with E-state index < -0.39 is 29.5 Å². The van der Waals surface area contributed by atoms with E-state index in [4.69, 9.17) is 5.73 Å². The van der Waals surface area contributed by atoms with E-state index in [2.05, 4.69) is 11.9 Å². The number of allylic oxidation sites excluding steroid dienone is 1. The monoisotopic (exact) mass is 282 g/mol. The van der Waals surface area contributed by atoms with Gasteiger partial charge in [-0.1, -0.05) is 12.1 Å². The summed E-state index contributed by atoms with van der Waals surface area (Å²) in [5, 5.41) is 2.46. The van der Waals surface area contributed by atoms with Crippen LogP contribution in [-0.2, 0) is 16.0 Å². The highest BCUT2D eigenvalue weighted by Gasteiger charge is 2.17. The van der Waals surface area contributed by atoms with Gasteiger partial charge in [0.25, 0.3) is 0 Å². The molecule has 0 radical (unpaired) electrons. The normalized spacial score (nSPS) is 11.7. The highest BCUT2D eigenvalue weighted by molar-refractivity contribution is 5.87. The first-order valence-corrected chi connectivity index (χ1v) is 6.07. The minimum Gasteiger partial charge on any atom is -0.368 e. The first-order chi connectivity index (χ1) is 9.43. The van der Waals surface area contributed by atoms with Gasteiger partial charge in [-0.15, -0.1) is 6.58 Å². The van der Waals surface area contributed by atoms with E-state index >= 15 is 0 Å². The summed E-state index contributed by atoms with van der Waals surface area (Å²) in [5.74, 6) is -3.13. The fourth-order valence-electron chi connectivity index (χ4n) is 1.65. The van der Waals surface area contributed by atoms with Gasteiger partial charge in [0.15, 0.2) is 11.6 Å². The maximum absolute atomic E-state index is 13.0. The van der Waals surface area contributed by atoms with E-state index in [0.29, 0.717) is 18.4 Å². The molecule has 0 aliphatic heterocycles. The molecular weight excluding hydrogens is 266 g/mol. The second-order valence-corrected chi connectivity index (χ2v) is 4.31. The van der Waals surface area contributed by atoms with Gasteiger partial charge in [0.2, 0.25) is 11.8 Å². The molecule has 1 aromatic carbocycles. The molecule has 0 aliphatic carbocycles. The highest BCUT2D eigenvalue weighted by atomic mass is 19.2. The quantitative estimate of drug-likeness (QED) is 0.743. The number of primary amides is 1. The number of halogens is 2. The minimum atomic E-state index is -1.02. The zero-order valence-electron chi connectivity index (χ0n) is 10.9. The molecular formula is C14H16F2N2O2. The van der Waals surface area contributed by atoms with Crippen LogP contribution in [0.2, 0.25) is 0 Å². The molecule has 4 nitrogen and oxygen atoms in total. The first-order valence-electron chi connectivity index (χ1n) is 6.07. The molecule has 0 spiro atoms. The average molecular weight is 282 g/mol. The second-order valence-electron chi connectivity index (χ2n) is 4.31. The molecule has 1 aromatic rings. The summed E-state index contributed by atoms with van der Waals surface area (Å²) in [6.45, 7) is 3.51. The van der Waals surface area contributed by atoms with Crippen molar-refractivity contribution in [1.29, 1.82) is 0 Å². The first kappa shape index (κ1) is 15.8. The van der Waals surface area contributed by atoms with Gasteiger partial charge in [-0.25, -0.2) is 8.78 Å². The molecule has 6 heteroatoms. The summed E-state index contributed by atoms with van der Waals surface area (Å²) in [6, 6.07) is 2.39. The minimum absolute atomic E-state index is 0.158. The Balaban J connectivity index is 2.62. The predicted molar refractivity (Wildman–Crippen MR) is 70.6 cm³/mol. The van der Waals surface area contributed by atoms with Crippen LogP contribution in [0.25, 0.3) is 0 Å². The van der Waals surface area contributed by atoms with E-state index in [9.17, 15) is 18.4 Å². The van der Waals surface area contributed by atoms with Crippen LogP contribution >= 0.6 is 0 Å². The fourth-order valence-corrected chi connectivity index (χ4v) is 1.65. The summed E-state index contributed by atoms with van der Waals surface area (Å²) in [7, 11) is 0. The Hall–Kier alpha value is -2.24. The maximum atomic E-state index is 13.0. The number of nitrogens with two attached hydrogens (primary N) is 1. The summed E-state index contributed by atoms with van der Waals surface area (Å²) < 4.78 is 25.7. The van der Waals surface area contributed by atoms with E-state index in [1.54, 1.807) is 6.08 Å². The molecule has 0 saturated heterocycles. The zero-order chi connectivity index (χ0) is 15.1. The molecule has 0 aromatic heterocycles. The lowest BCUT2D eigenvalue weighted by molar-refractivity contribution is -0.127. The van der Waals surface area contributed by atoms with Gasteiger partial charge in [-0.2, -0.15) is 0 Å². The number of carbonyl (C=O) groups excluding carboxylic acids is 2. The van der Waals surface area contributed by atoms with Crippen LogP contribution < -0.4 is 11.1 Å². The van der Waals surface area contributed by atoms with Gasteiger partial charge < -0.3 is 11.1 Å². The lowest BCUT2D eigenvalue weighted by Crippen LogP contribution is -2.44. The van der Waals surface area contributed by atoms with Crippen LogP contribution in [0.4, 0.5) is 8.78 Å². The summed E-state index contributed by atoms with van der Waals surface area (Å²) in [6.07, 6.45) is 2.33. The smallest absolute Gasteiger partial charge is 0.240 e. The van der Waals surface area contributed by atoms with Crippen LogP contribution in [0.1, 0.15) is 18.4 Å². The lowest BCUT2D eigenvalue weighted by atomic mass is 10.1. The third-order valence-electron chi connectivity index (χ3n) is 2.69. The Morgan fingerprint density at radius 2 is 2.05 bits per heavy atom. The van der Waals surface area contributed by atoms with Crippen molar-refractivity contribution in [2.45, 2.75) is 25.3 Å². The van der Waals surface area contributed by atoms with Crippen LogP contribution in [-0.4, -0.2) is 17.9 Å². The Morgan fingerprint density at radius 3 is 2.60 bits per heavy atom. The Labute approximate surface area is 115 Å². The van der Waals surface area contributed by atoms with Crippen molar-refractivity contribution >= 4 is 11.8 Å². The molecule has 0 aliphatic rings. The molecule has 20 heavy (non-hydrogen) atoms. The van der Waals surface area contributed by atoms with Crippen molar-refractivity contribution in [3.63, 3.8) is 0 Å². The van der Waals surface area contributed by atoms with Crippen molar-refractivity contribution < 1.29 is 18.4 Å². The van der Waals surface area contributed by atoms with Crippen molar-refractivity contribution in [3.8, 4) is 0 Å². The van der Waals surface area contributed by atoms with Gasteiger partial charge in [0.05, 0.1) is 6.42 Å². The van der Waals surface area contributed by atoms with Crippen molar-refractivity contribution in [2.75, 3.05) is 0 Å². The van der Waals surface area contributed by atoms with Crippen LogP contribution in [0, 0.1) is 11.6 Å². The molecule has 0 unspecified atom stereocenters. The summed E-state index contributed by atoms with van der Waals surface area (Å²) >= 11 is 0. The van der Waals surface area contributed by atoms with Crippen LogP contribution in [0.15, 0.2) is 30.9 Å². The fraction of sp³-hybridized carbons (Fsp3) is 0.286. The van der Waals surface area contributed by atoms with E-state index in [1.165, 1.54) is 6.07 Å². The van der Waals surface area contributed by atoms with Gasteiger partial charge in [0.1, 0.15) is 6.04 Å². The van der Waals surface area contributed by atoms with Gasteiger partial charge in [-0.05, 0) is 30.5 Å². The molecule has 0 fully saturated rings. The van der Waals surface area contributed by atoms with E-state index in [-0.39, 0.29) is 6.42 Å².